The quantitative estimate of drug-likeness (QED) is 0.447. The molecule has 0 nitrogen and oxygen atoms in total. The Morgan fingerprint density at radius 3 is 3.10 bits per heavy atom. The molecule has 0 spiro atoms. The SMILES string of the molecule is CC12C=CCC1C=CCC2. The first-order chi connectivity index (χ1) is 4.81. The zero-order chi connectivity index (χ0) is 7.03. The first kappa shape index (κ1) is 6.21. The molecule has 0 aromatic rings. The van der Waals surface area contributed by atoms with Crippen LogP contribution in [0.25, 0.3) is 0 Å². The highest BCUT2D eigenvalue weighted by Gasteiger charge is 2.33. The topological polar surface area (TPSA) is 0 Å². The van der Waals surface area contributed by atoms with Crippen molar-refractivity contribution in [2.24, 2.45) is 11.3 Å². The summed E-state index contributed by atoms with van der Waals surface area (Å²) in [6, 6.07) is 0. The number of fused-ring (bicyclic) bond motifs is 1. The van der Waals surface area contributed by atoms with Crippen molar-refractivity contribution in [1.82, 2.24) is 0 Å². The molecule has 0 aromatic heterocycles. The molecule has 0 saturated carbocycles. The fourth-order valence-electron chi connectivity index (χ4n) is 2.10. The van der Waals surface area contributed by atoms with Gasteiger partial charge >= 0.3 is 0 Å². The molecule has 10 heavy (non-hydrogen) atoms. The molecule has 0 heteroatoms. The highest BCUT2D eigenvalue weighted by molar-refractivity contribution is 5.17. The summed E-state index contributed by atoms with van der Waals surface area (Å²) in [4.78, 5) is 0. The van der Waals surface area contributed by atoms with Gasteiger partial charge in [0.2, 0.25) is 0 Å². The normalized spacial score (nSPS) is 43.9. The Balaban J connectivity index is 2.29. The van der Waals surface area contributed by atoms with Gasteiger partial charge in [-0.3, -0.25) is 0 Å². The fourth-order valence-corrected chi connectivity index (χ4v) is 2.10. The molecule has 54 valence electrons. The molecule has 2 unspecified atom stereocenters. The van der Waals surface area contributed by atoms with Gasteiger partial charge in [0.1, 0.15) is 0 Å². The zero-order valence-electron chi connectivity index (χ0n) is 6.51. The Labute approximate surface area is 62.6 Å². The Morgan fingerprint density at radius 2 is 2.30 bits per heavy atom. The van der Waals surface area contributed by atoms with Crippen molar-refractivity contribution < 1.29 is 0 Å². The lowest BCUT2D eigenvalue weighted by Gasteiger charge is -2.31. The van der Waals surface area contributed by atoms with Crippen LogP contribution in [0.5, 0.6) is 0 Å². The minimum atomic E-state index is 0.523. The maximum atomic E-state index is 2.40. The van der Waals surface area contributed by atoms with E-state index in [1.54, 1.807) is 0 Å². The summed E-state index contributed by atoms with van der Waals surface area (Å²) in [5.41, 5.74) is 0.523. The molecule has 0 heterocycles. The van der Waals surface area contributed by atoms with E-state index in [0.29, 0.717) is 5.41 Å². The Kier molecular flexibility index (Phi) is 1.23. The molecule has 0 bridgehead atoms. The summed E-state index contributed by atoms with van der Waals surface area (Å²) < 4.78 is 0. The van der Waals surface area contributed by atoms with Crippen molar-refractivity contribution in [3.8, 4) is 0 Å². The van der Waals surface area contributed by atoms with Crippen LogP contribution in [-0.2, 0) is 0 Å². The first-order valence-corrected chi connectivity index (χ1v) is 4.16. The second-order valence-corrected chi connectivity index (χ2v) is 3.72. The maximum Gasteiger partial charge on any atom is -0.00779 e. The van der Waals surface area contributed by atoms with E-state index < -0.39 is 0 Å². The summed E-state index contributed by atoms with van der Waals surface area (Å²) in [6.45, 7) is 2.38. The monoisotopic (exact) mass is 134 g/mol. The molecular weight excluding hydrogens is 120 g/mol. The van der Waals surface area contributed by atoms with Crippen molar-refractivity contribution in [3.05, 3.63) is 24.3 Å². The minimum absolute atomic E-state index is 0.523. The molecule has 0 amide bonds. The van der Waals surface area contributed by atoms with Crippen LogP contribution in [-0.4, -0.2) is 0 Å². The van der Waals surface area contributed by atoms with Crippen LogP contribution < -0.4 is 0 Å². The van der Waals surface area contributed by atoms with Crippen LogP contribution in [0.2, 0.25) is 0 Å². The second-order valence-electron chi connectivity index (χ2n) is 3.72. The zero-order valence-corrected chi connectivity index (χ0v) is 6.51. The number of hydrogen-bond donors (Lipinski definition) is 0. The van der Waals surface area contributed by atoms with Gasteiger partial charge in [-0.1, -0.05) is 31.2 Å². The van der Waals surface area contributed by atoms with Gasteiger partial charge in [0.15, 0.2) is 0 Å². The van der Waals surface area contributed by atoms with Crippen LogP contribution in [0.15, 0.2) is 24.3 Å². The highest BCUT2D eigenvalue weighted by Crippen LogP contribution is 2.44. The average Bonchev–Trinajstić information content (AvgIpc) is 2.29. The molecular formula is C10H14. The molecule has 0 fully saturated rings. The number of hydrogen-bond acceptors (Lipinski definition) is 0. The highest BCUT2D eigenvalue weighted by atomic mass is 14.4. The van der Waals surface area contributed by atoms with Crippen LogP contribution in [0, 0.1) is 11.3 Å². The van der Waals surface area contributed by atoms with Crippen molar-refractivity contribution >= 4 is 0 Å². The van der Waals surface area contributed by atoms with Gasteiger partial charge in [-0.2, -0.15) is 0 Å². The molecule has 0 N–H and O–H groups in total. The van der Waals surface area contributed by atoms with Gasteiger partial charge in [-0.15, -0.1) is 0 Å². The fraction of sp³-hybridized carbons (Fsp3) is 0.600. The van der Waals surface area contributed by atoms with E-state index in [0.717, 1.165) is 5.92 Å². The van der Waals surface area contributed by atoms with E-state index in [4.69, 9.17) is 0 Å². The first-order valence-electron chi connectivity index (χ1n) is 4.16. The average molecular weight is 134 g/mol. The predicted octanol–water partition coefficient (Wildman–Crippen LogP) is 2.92. The molecule has 2 rings (SSSR count). The molecule has 0 radical (unpaired) electrons. The summed E-state index contributed by atoms with van der Waals surface area (Å²) in [5, 5.41) is 0. The van der Waals surface area contributed by atoms with E-state index in [-0.39, 0.29) is 0 Å². The molecule has 0 saturated heterocycles. The lowest BCUT2D eigenvalue weighted by atomic mass is 9.73. The van der Waals surface area contributed by atoms with Gasteiger partial charge in [0.25, 0.3) is 0 Å². The smallest absolute Gasteiger partial charge is 0.00779 e. The predicted molar refractivity (Wildman–Crippen MR) is 43.7 cm³/mol. The lowest BCUT2D eigenvalue weighted by molar-refractivity contribution is 0.296. The van der Waals surface area contributed by atoms with Crippen molar-refractivity contribution in [2.75, 3.05) is 0 Å². The molecule has 0 aliphatic heterocycles. The van der Waals surface area contributed by atoms with Crippen molar-refractivity contribution in [3.63, 3.8) is 0 Å². The molecule has 2 aliphatic carbocycles. The van der Waals surface area contributed by atoms with E-state index in [9.17, 15) is 0 Å². The minimum Gasteiger partial charge on any atom is -0.0882 e. The van der Waals surface area contributed by atoms with E-state index in [1.807, 2.05) is 0 Å². The molecule has 2 aliphatic rings. The van der Waals surface area contributed by atoms with Gasteiger partial charge in [0, 0.05) is 0 Å². The van der Waals surface area contributed by atoms with Crippen molar-refractivity contribution in [1.29, 1.82) is 0 Å². The van der Waals surface area contributed by atoms with Crippen LogP contribution in [0.1, 0.15) is 26.2 Å². The third kappa shape index (κ3) is 0.749. The number of rotatable bonds is 0. The summed E-state index contributed by atoms with van der Waals surface area (Å²) in [6.07, 6.45) is 13.4. The summed E-state index contributed by atoms with van der Waals surface area (Å²) in [5.74, 6) is 0.821. The van der Waals surface area contributed by atoms with E-state index in [1.165, 1.54) is 19.3 Å². The van der Waals surface area contributed by atoms with Crippen molar-refractivity contribution in [2.45, 2.75) is 26.2 Å². The Morgan fingerprint density at radius 1 is 1.40 bits per heavy atom. The van der Waals surface area contributed by atoms with Gasteiger partial charge in [-0.25, -0.2) is 0 Å². The van der Waals surface area contributed by atoms with Crippen LogP contribution in [0.3, 0.4) is 0 Å². The lowest BCUT2D eigenvalue weighted by Crippen LogP contribution is -2.21. The largest absolute Gasteiger partial charge is 0.0882 e. The third-order valence-electron chi connectivity index (χ3n) is 2.95. The third-order valence-corrected chi connectivity index (χ3v) is 2.95. The molecule has 2 atom stereocenters. The maximum absolute atomic E-state index is 2.40. The van der Waals surface area contributed by atoms with Gasteiger partial charge in [0.05, 0.1) is 0 Å². The van der Waals surface area contributed by atoms with Gasteiger partial charge in [-0.05, 0) is 30.6 Å². The Hall–Kier alpha value is -0.520. The summed E-state index contributed by atoms with van der Waals surface area (Å²) >= 11 is 0. The Bertz CT molecular complexity index is 188. The van der Waals surface area contributed by atoms with Crippen LogP contribution >= 0.6 is 0 Å². The van der Waals surface area contributed by atoms with E-state index >= 15 is 0 Å². The molecule has 0 aromatic carbocycles. The summed E-state index contributed by atoms with van der Waals surface area (Å²) in [7, 11) is 0. The second kappa shape index (κ2) is 1.98. The van der Waals surface area contributed by atoms with Gasteiger partial charge < -0.3 is 0 Å². The van der Waals surface area contributed by atoms with E-state index in [2.05, 4.69) is 31.2 Å². The van der Waals surface area contributed by atoms with Crippen LogP contribution in [0.4, 0.5) is 0 Å². The standard InChI is InChI=1S/C10H14/c1-10-7-3-2-5-9(10)6-4-8-10/h2,4-5,8-9H,3,6-7H2,1H3. The number of allylic oxidation sites excluding steroid dienone is 4.